The van der Waals surface area contributed by atoms with Gasteiger partial charge in [-0.3, -0.25) is 0 Å². The molecular weight excluding hydrogens is 176 g/mol. The molecule has 0 nitrogen and oxygen atoms in total. The van der Waals surface area contributed by atoms with Gasteiger partial charge in [0.15, 0.2) is 0 Å². The fourth-order valence-corrected chi connectivity index (χ4v) is 1.75. The summed E-state index contributed by atoms with van der Waals surface area (Å²) >= 11 is 4.24. The molecule has 0 saturated heterocycles. The van der Waals surface area contributed by atoms with E-state index in [0.29, 0.717) is 0 Å². The van der Waals surface area contributed by atoms with Crippen LogP contribution in [0, 0.1) is 5.92 Å². The van der Waals surface area contributed by atoms with E-state index < -0.39 is 0 Å². The van der Waals surface area contributed by atoms with Crippen LogP contribution in [0.25, 0.3) is 0 Å². The Kier molecular flexibility index (Phi) is 8.32. The van der Waals surface area contributed by atoms with E-state index in [9.17, 15) is 0 Å². The van der Waals surface area contributed by atoms with Gasteiger partial charge in [0.05, 0.1) is 0 Å². The Labute approximate surface area is 88.5 Å². The Bertz CT molecular complexity index is 159. The van der Waals surface area contributed by atoms with E-state index in [-0.39, 0.29) is 0 Å². The van der Waals surface area contributed by atoms with Crippen molar-refractivity contribution in [1.82, 2.24) is 0 Å². The molecule has 1 unspecified atom stereocenters. The second kappa shape index (κ2) is 8.43. The first kappa shape index (κ1) is 12.8. The van der Waals surface area contributed by atoms with Gasteiger partial charge in [0.2, 0.25) is 0 Å². The molecule has 1 heteroatoms. The zero-order valence-corrected chi connectivity index (χ0v) is 9.82. The Morgan fingerprint density at radius 1 is 1.54 bits per heavy atom. The van der Waals surface area contributed by atoms with Gasteiger partial charge in [0.25, 0.3) is 0 Å². The molecule has 0 aliphatic rings. The number of allylic oxidation sites excluding steroid dienone is 3. The van der Waals surface area contributed by atoms with Crippen molar-refractivity contribution in [3.63, 3.8) is 0 Å². The smallest absolute Gasteiger partial charge is 0.00953 e. The second-order valence-electron chi connectivity index (χ2n) is 3.59. The molecular formula is C12H22S. The van der Waals surface area contributed by atoms with Gasteiger partial charge in [-0.05, 0) is 30.9 Å². The van der Waals surface area contributed by atoms with Crippen molar-refractivity contribution < 1.29 is 0 Å². The van der Waals surface area contributed by atoms with Gasteiger partial charge in [-0.15, -0.1) is 0 Å². The average molecular weight is 198 g/mol. The maximum absolute atomic E-state index is 4.24. The second-order valence-corrected chi connectivity index (χ2v) is 4.04. The fourth-order valence-electron chi connectivity index (χ4n) is 1.30. The highest BCUT2D eigenvalue weighted by Crippen LogP contribution is 2.16. The minimum atomic E-state index is 0.735. The SMILES string of the molecule is C=C/C(=C\CCC)CC(C)CCS. The first-order valence-corrected chi connectivity index (χ1v) is 5.80. The van der Waals surface area contributed by atoms with E-state index in [1.54, 1.807) is 0 Å². The Balaban J connectivity index is 3.89. The maximum atomic E-state index is 4.24. The number of thiol groups is 1. The summed E-state index contributed by atoms with van der Waals surface area (Å²) in [6.45, 7) is 8.32. The molecule has 0 aromatic heterocycles. The van der Waals surface area contributed by atoms with E-state index in [2.05, 4.69) is 39.1 Å². The molecule has 0 saturated carbocycles. The Morgan fingerprint density at radius 3 is 2.69 bits per heavy atom. The number of rotatable bonds is 7. The monoisotopic (exact) mass is 198 g/mol. The minimum absolute atomic E-state index is 0.735. The van der Waals surface area contributed by atoms with Gasteiger partial charge in [0, 0.05) is 0 Å². The van der Waals surface area contributed by atoms with Gasteiger partial charge in [-0.2, -0.15) is 12.6 Å². The highest BCUT2D eigenvalue weighted by molar-refractivity contribution is 7.80. The van der Waals surface area contributed by atoms with Crippen LogP contribution in [-0.2, 0) is 0 Å². The molecule has 0 N–H and O–H groups in total. The van der Waals surface area contributed by atoms with Crippen molar-refractivity contribution in [2.24, 2.45) is 5.92 Å². The predicted octanol–water partition coefficient (Wildman–Crippen LogP) is 4.25. The molecule has 0 heterocycles. The zero-order valence-electron chi connectivity index (χ0n) is 8.92. The summed E-state index contributed by atoms with van der Waals surface area (Å²) < 4.78 is 0. The normalized spacial score (nSPS) is 14.2. The van der Waals surface area contributed by atoms with Gasteiger partial charge in [-0.25, -0.2) is 0 Å². The molecule has 0 aromatic carbocycles. The summed E-state index contributed by atoms with van der Waals surface area (Å²) in [4.78, 5) is 0. The molecule has 1 atom stereocenters. The summed E-state index contributed by atoms with van der Waals surface area (Å²) in [7, 11) is 0. The van der Waals surface area contributed by atoms with Gasteiger partial charge in [0.1, 0.15) is 0 Å². The molecule has 0 aromatic rings. The van der Waals surface area contributed by atoms with Crippen LogP contribution < -0.4 is 0 Å². The lowest BCUT2D eigenvalue weighted by molar-refractivity contribution is 0.567. The number of hydrogen-bond donors (Lipinski definition) is 1. The Morgan fingerprint density at radius 2 is 2.23 bits per heavy atom. The number of unbranched alkanes of at least 4 members (excludes halogenated alkanes) is 1. The van der Waals surface area contributed by atoms with Crippen molar-refractivity contribution in [3.05, 3.63) is 24.3 Å². The van der Waals surface area contributed by atoms with Crippen LogP contribution in [0.3, 0.4) is 0 Å². The highest BCUT2D eigenvalue weighted by Gasteiger charge is 2.02. The Hall–Kier alpha value is -0.170. The van der Waals surface area contributed by atoms with E-state index >= 15 is 0 Å². The van der Waals surface area contributed by atoms with Crippen LogP contribution in [0.1, 0.15) is 39.5 Å². The quantitative estimate of drug-likeness (QED) is 0.459. The third-order valence-corrected chi connectivity index (χ3v) is 2.42. The lowest BCUT2D eigenvalue weighted by Crippen LogP contribution is -1.96. The molecule has 0 radical (unpaired) electrons. The van der Waals surface area contributed by atoms with Gasteiger partial charge >= 0.3 is 0 Å². The van der Waals surface area contributed by atoms with Crippen LogP contribution in [0.4, 0.5) is 0 Å². The van der Waals surface area contributed by atoms with Gasteiger partial charge in [-0.1, -0.05) is 44.6 Å². The van der Waals surface area contributed by atoms with Crippen molar-refractivity contribution in [2.45, 2.75) is 39.5 Å². The van der Waals surface area contributed by atoms with Crippen LogP contribution in [0.15, 0.2) is 24.3 Å². The summed E-state index contributed by atoms with van der Waals surface area (Å²) in [5.41, 5.74) is 1.40. The number of hydrogen-bond acceptors (Lipinski definition) is 1. The molecule has 0 fully saturated rings. The standard InChI is InChI=1S/C12H22S/c1-4-6-7-12(5-2)10-11(3)8-9-13/h5,7,11,13H,2,4,6,8-10H2,1,3H3/b12-7+. The van der Waals surface area contributed by atoms with E-state index in [4.69, 9.17) is 0 Å². The van der Waals surface area contributed by atoms with Crippen molar-refractivity contribution in [1.29, 1.82) is 0 Å². The molecule has 0 rings (SSSR count). The van der Waals surface area contributed by atoms with E-state index in [1.807, 2.05) is 6.08 Å². The lowest BCUT2D eigenvalue weighted by atomic mass is 9.98. The fraction of sp³-hybridized carbons (Fsp3) is 0.667. The molecule has 76 valence electrons. The summed E-state index contributed by atoms with van der Waals surface area (Å²) in [6.07, 6.45) is 9.05. The van der Waals surface area contributed by atoms with Crippen molar-refractivity contribution in [2.75, 3.05) is 5.75 Å². The largest absolute Gasteiger partial charge is 0.179 e. The van der Waals surface area contributed by atoms with Crippen LogP contribution in [0.5, 0.6) is 0 Å². The van der Waals surface area contributed by atoms with Crippen LogP contribution in [0.2, 0.25) is 0 Å². The van der Waals surface area contributed by atoms with E-state index in [1.165, 1.54) is 24.8 Å². The topological polar surface area (TPSA) is 0 Å². The lowest BCUT2D eigenvalue weighted by Gasteiger charge is -2.10. The zero-order chi connectivity index (χ0) is 10.1. The molecule has 0 spiro atoms. The summed E-state index contributed by atoms with van der Waals surface area (Å²) in [5, 5.41) is 0. The maximum Gasteiger partial charge on any atom is -0.00953 e. The third-order valence-electron chi connectivity index (χ3n) is 2.16. The molecule has 0 aliphatic heterocycles. The summed E-state index contributed by atoms with van der Waals surface area (Å²) in [5.74, 6) is 1.72. The molecule has 13 heavy (non-hydrogen) atoms. The summed E-state index contributed by atoms with van der Waals surface area (Å²) in [6, 6.07) is 0. The molecule has 0 aliphatic carbocycles. The third kappa shape index (κ3) is 6.94. The van der Waals surface area contributed by atoms with Crippen LogP contribution >= 0.6 is 12.6 Å². The van der Waals surface area contributed by atoms with Crippen molar-refractivity contribution >= 4 is 12.6 Å². The first-order valence-electron chi connectivity index (χ1n) is 5.16. The first-order chi connectivity index (χ1) is 6.24. The molecule has 0 bridgehead atoms. The predicted molar refractivity (Wildman–Crippen MR) is 65.4 cm³/mol. The van der Waals surface area contributed by atoms with Gasteiger partial charge < -0.3 is 0 Å². The minimum Gasteiger partial charge on any atom is -0.179 e. The molecule has 0 amide bonds. The van der Waals surface area contributed by atoms with E-state index in [0.717, 1.165) is 18.1 Å². The van der Waals surface area contributed by atoms with Crippen molar-refractivity contribution in [3.8, 4) is 0 Å². The average Bonchev–Trinajstić information content (AvgIpc) is 2.12. The highest BCUT2D eigenvalue weighted by atomic mass is 32.1. The van der Waals surface area contributed by atoms with Crippen LogP contribution in [-0.4, -0.2) is 5.75 Å².